The molecule has 122 valence electrons. The molecule has 1 N–H and O–H groups in total. The van der Waals surface area contributed by atoms with Crippen LogP contribution >= 0.6 is 0 Å². The number of hydrogen-bond acceptors (Lipinski definition) is 3. The monoisotopic (exact) mass is 310 g/mol. The summed E-state index contributed by atoms with van der Waals surface area (Å²) in [4.78, 5) is 2.39. The number of nitrogens with one attached hydrogen (secondary N) is 1. The first-order valence-electron chi connectivity index (χ1n) is 8.43. The van der Waals surface area contributed by atoms with Crippen LogP contribution in [0.25, 0.3) is 0 Å². The summed E-state index contributed by atoms with van der Waals surface area (Å²) in [6, 6.07) is 15.0. The highest BCUT2D eigenvalue weighted by Gasteiger charge is 2.17. The molecule has 0 aromatic heterocycles. The van der Waals surface area contributed by atoms with E-state index in [4.69, 9.17) is 4.74 Å². The molecule has 3 rings (SSSR count). The maximum absolute atomic E-state index is 5.50. The minimum absolute atomic E-state index is 0.973. The van der Waals surface area contributed by atoms with Gasteiger partial charge in [-0.15, -0.1) is 0 Å². The number of hydrogen-bond donors (Lipinski definition) is 1. The topological polar surface area (TPSA) is 24.5 Å². The van der Waals surface area contributed by atoms with E-state index >= 15 is 0 Å². The minimum Gasteiger partial charge on any atom is -0.495 e. The Bertz CT molecular complexity index is 640. The molecule has 0 saturated heterocycles. The van der Waals surface area contributed by atoms with Crippen LogP contribution < -0.4 is 10.1 Å². The molecule has 23 heavy (non-hydrogen) atoms. The fourth-order valence-corrected chi connectivity index (χ4v) is 3.32. The summed E-state index contributed by atoms with van der Waals surface area (Å²) in [6.45, 7) is 3.10. The Labute approximate surface area is 139 Å². The molecule has 3 heteroatoms. The van der Waals surface area contributed by atoms with E-state index in [0.29, 0.717) is 0 Å². The van der Waals surface area contributed by atoms with Crippen LogP contribution in [0.3, 0.4) is 0 Å². The Kier molecular flexibility index (Phi) is 5.19. The van der Waals surface area contributed by atoms with Crippen molar-refractivity contribution in [1.82, 2.24) is 4.90 Å². The molecule has 0 saturated carbocycles. The largest absolute Gasteiger partial charge is 0.495 e. The quantitative estimate of drug-likeness (QED) is 0.880. The van der Waals surface area contributed by atoms with E-state index in [9.17, 15) is 0 Å². The molecule has 0 aliphatic carbocycles. The Morgan fingerprint density at radius 3 is 2.74 bits per heavy atom. The summed E-state index contributed by atoms with van der Waals surface area (Å²) < 4.78 is 5.50. The molecule has 2 aromatic rings. The van der Waals surface area contributed by atoms with Crippen molar-refractivity contribution < 1.29 is 4.74 Å². The van der Waals surface area contributed by atoms with Crippen molar-refractivity contribution in [3.63, 3.8) is 0 Å². The molecular formula is C20H26N2O. The molecule has 0 unspecified atom stereocenters. The predicted octanol–water partition coefficient (Wildman–Crippen LogP) is 3.73. The van der Waals surface area contributed by atoms with Crippen LogP contribution in [0.15, 0.2) is 42.5 Å². The van der Waals surface area contributed by atoms with Gasteiger partial charge in [-0.25, -0.2) is 0 Å². The number of rotatable bonds is 6. The van der Waals surface area contributed by atoms with Gasteiger partial charge in [0.2, 0.25) is 0 Å². The molecule has 0 bridgehead atoms. The fourth-order valence-electron chi connectivity index (χ4n) is 3.32. The van der Waals surface area contributed by atoms with E-state index in [-0.39, 0.29) is 0 Å². The molecule has 2 aromatic carbocycles. The van der Waals surface area contributed by atoms with Crippen LogP contribution in [-0.4, -0.2) is 32.1 Å². The number of anilines is 1. The lowest BCUT2D eigenvalue weighted by Crippen LogP contribution is -2.22. The van der Waals surface area contributed by atoms with Crippen molar-refractivity contribution in [2.24, 2.45) is 0 Å². The van der Waals surface area contributed by atoms with Gasteiger partial charge in [-0.2, -0.15) is 0 Å². The van der Waals surface area contributed by atoms with Gasteiger partial charge in [-0.3, -0.25) is 0 Å². The first kappa shape index (κ1) is 15.9. The average molecular weight is 310 g/mol. The zero-order chi connectivity index (χ0) is 16.1. The van der Waals surface area contributed by atoms with Gasteiger partial charge >= 0.3 is 0 Å². The van der Waals surface area contributed by atoms with Crippen molar-refractivity contribution >= 4 is 5.69 Å². The molecule has 0 fully saturated rings. The van der Waals surface area contributed by atoms with Crippen LogP contribution in [0, 0.1) is 0 Å². The Hall–Kier alpha value is -2.00. The van der Waals surface area contributed by atoms with Gasteiger partial charge in [0.05, 0.1) is 12.8 Å². The zero-order valence-corrected chi connectivity index (χ0v) is 14.1. The molecule has 1 aliphatic rings. The third-order valence-corrected chi connectivity index (χ3v) is 4.56. The second-order valence-corrected chi connectivity index (χ2v) is 6.28. The molecule has 0 radical (unpaired) electrons. The lowest BCUT2D eigenvalue weighted by Gasteiger charge is -2.24. The first-order chi connectivity index (χ1) is 11.3. The summed E-state index contributed by atoms with van der Waals surface area (Å²) in [6.07, 6.45) is 3.43. The molecule has 0 amide bonds. The number of ether oxygens (including phenoxy) is 1. The molecular weight excluding hydrogens is 284 g/mol. The number of nitrogens with zero attached hydrogens (tertiary/aromatic N) is 1. The fraction of sp³-hybridized carbons (Fsp3) is 0.400. The number of fused-ring (bicyclic) bond motifs is 1. The van der Waals surface area contributed by atoms with Gasteiger partial charge in [0.1, 0.15) is 5.75 Å². The van der Waals surface area contributed by atoms with Crippen molar-refractivity contribution in [3.05, 3.63) is 59.2 Å². The Morgan fingerprint density at radius 2 is 1.96 bits per heavy atom. The third-order valence-electron chi connectivity index (χ3n) is 4.56. The van der Waals surface area contributed by atoms with Crippen molar-refractivity contribution in [3.8, 4) is 5.75 Å². The molecule has 1 heterocycles. The van der Waals surface area contributed by atoms with Crippen LogP contribution in [0.4, 0.5) is 5.69 Å². The number of likely N-dealkylation sites (N-methyl/N-ethyl adjacent to an activating group) is 1. The minimum atomic E-state index is 0.973. The SMILES string of the molecule is COc1ccc(CCN(C)Cc2ccccc2)c2c1NCCC2. The first-order valence-corrected chi connectivity index (χ1v) is 8.43. The van der Waals surface area contributed by atoms with E-state index < -0.39 is 0 Å². The summed E-state index contributed by atoms with van der Waals surface area (Å²) in [7, 11) is 3.94. The summed E-state index contributed by atoms with van der Waals surface area (Å²) in [5.74, 6) is 0.973. The van der Waals surface area contributed by atoms with E-state index in [0.717, 1.165) is 38.2 Å². The summed E-state index contributed by atoms with van der Waals surface area (Å²) >= 11 is 0. The van der Waals surface area contributed by atoms with Crippen molar-refractivity contribution in [1.29, 1.82) is 0 Å². The van der Waals surface area contributed by atoms with E-state index in [1.807, 2.05) is 0 Å². The van der Waals surface area contributed by atoms with Gasteiger partial charge in [-0.1, -0.05) is 36.4 Å². The molecule has 3 nitrogen and oxygen atoms in total. The van der Waals surface area contributed by atoms with Crippen LogP contribution in [0.5, 0.6) is 5.75 Å². The summed E-state index contributed by atoms with van der Waals surface area (Å²) in [5, 5.41) is 3.51. The third kappa shape index (κ3) is 3.85. The maximum Gasteiger partial charge on any atom is 0.142 e. The predicted molar refractivity (Wildman–Crippen MR) is 96.3 cm³/mol. The maximum atomic E-state index is 5.50. The molecule has 0 spiro atoms. The highest BCUT2D eigenvalue weighted by molar-refractivity contribution is 5.65. The van der Waals surface area contributed by atoms with Crippen LogP contribution in [0.2, 0.25) is 0 Å². The standard InChI is InChI=1S/C20H26N2O/c1-22(15-16-7-4-3-5-8-16)14-12-17-10-11-19(23-2)20-18(17)9-6-13-21-20/h3-5,7-8,10-11,21H,6,9,12-15H2,1-2H3. The van der Waals surface area contributed by atoms with E-state index in [2.05, 4.69) is 59.7 Å². The lowest BCUT2D eigenvalue weighted by atomic mass is 9.95. The Balaban J connectivity index is 1.66. The molecule has 1 aliphatic heterocycles. The van der Waals surface area contributed by atoms with Crippen LogP contribution in [-0.2, 0) is 19.4 Å². The van der Waals surface area contributed by atoms with Gasteiger partial charge in [0.15, 0.2) is 0 Å². The van der Waals surface area contributed by atoms with Gasteiger partial charge in [0, 0.05) is 19.6 Å². The normalized spacial score (nSPS) is 13.5. The number of methoxy groups -OCH3 is 1. The van der Waals surface area contributed by atoms with Gasteiger partial charge in [-0.05, 0) is 49.1 Å². The Morgan fingerprint density at radius 1 is 1.13 bits per heavy atom. The van der Waals surface area contributed by atoms with Crippen LogP contribution in [0.1, 0.15) is 23.1 Å². The smallest absolute Gasteiger partial charge is 0.142 e. The average Bonchev–Trinajstić information content (AvgIpc) is 2.60. The van der Waals surface area contributed by atoms with Gasteiger partial charge in [0.25, 0.3) is 0 Å². The lowest BCUT2D eigenvalue weighted by molar-refractivity contribution is 0.331. The van der Waals surface area contributed by atoms with Gasteiger partial charge < -0.3 is 15.0 Å². The molecule has 0 atom stereocenters. The van der Waals surface area contributed by atoms with E-state index in [1.54, 1.807) is 7.11 Å². The highest BCUT2D eigenvalue weighted by atomic mass is 16.5. The zero-order valence-electron chi connectivity index (χ0n) is 14.1. The van der Waals surface area contributed by atoms with E-state index in [1.165, 1.54) is 28.8 Å². The van der Waals surface area contributed by atoms with Crippen molar-refractivity contribution in [2.45, 2.75) is 25.8 Å². The second kappa shape index (κ2) is 7.51. The number of benzene rings is 2. The van der Waals surface area contributed by atoms with Crippen molar-refractivity contribution in [2.75, 3.05) is 32.6 Å². The second-order valence-electron chi connectivity index (χ2n) is 6.28. The summed E-state index contributed by atoms with van der Waals surface area (Å²) in [5.41, 5.74) is 5.48. The highest BCUT2D eigenvalue weighted by Crippen LogP contribution is 2.34.